The zero-order valence-corrected chi connectivity index (χ0v) is 20.5. The maximum Gasteiger partial charge on any atom is 0.350 e. The van der Waals surface area contributed by atoms with Crippen LogP contribution in [0.15, 0.2) is 54.1 Å². The minimum absolute atomic E-state index is 0.0556. The van der Waals surface area contributed by atoms with Crippen LogP contribution in [0.2, 0.25) is 0 Å². The topological polar surface area (TPSA) is 106 Å². The molecule has 3 aromatic rings. The lowest BCUT2D eigenvalue weighted by Crippen LogP contribution is -2.29. The predicted molar refractivity (Wildman–Crippen MR) is 132 cm³/mol. The lowest BCUT2D eigenvalue weighted by Gasteiger charge is -2.23. The van der Waals surface area contributed by atoms with Crippen LogP contribution in [0.25, 0.3) is 5.76 Å². The number of nitrogens with zero attached hydrogens (tertiary/aromatic N) is 2. The standard InChI is InChI=1S/C26H24N2O6S/c1-5-34-25(32)23-15(3)27-26(35-23)28-20(16-9-7-6-8-10-16)19(22(30)24(28)31)21(29)18-12-11-17(33-4)13-14(18)2/h6-13,20,29H,5H2,1-4H3/t20-/m0/s1. The Bertz CT molecular complexity index is 1350. The second kappa shape index (κ2) is 9.71. The monoisotopic (exact) mass is 492 g/mol. The van der Waals surface area contributed by atoms with E-state index < -0.39 is 23.7 Å². The SMILES string of the molecule is CCOC(=O)c1sc(N2C(=O)C(=O)C(=C(O)c3ccc(OC)cc3C)[C@@H]2c2ccccc2)nc1C. The number of hydrogen-bond donors (Lipinski definition) is 1. The number of aryl methyl sites for hydroxylation is 2. The number of ether oxygens (including phenoxy) is 2. The summed E-state index contributed by atoms with van der Waals surface area (Å²) in [5.41, 5.74) is 2.04. The van der Waals surface area contributed by atoms with E-state index in [-0.39, 0.29) is 27.9 Å². The van der Waals surface area contributed by atoms with Crippen molar-refractivity contribution in [2.75, 3.05) is 18.6 Å². The van der Waals surface area contributed by atoms with E-state index in [0.717, 1.165) is 11.3 Å². The summed E-state index contributed by atoms with van der Waals surface area (Å²) < 4.78 is 10.3. The van der Waals surface area contributed by atoms with Gasteiger partial charge in [-0.15, -0.1) is 0 Å². The van der Waals surface area contributed by atoms with Crippen LogP contribution >= 0.6 is 11.3 Å². The first-order valence-corrected chi connectivity index (χ1v) is 11.8. The molecule has 0 bridgehead atoms. The molecule has 0 spiro atoms. The molecule has 4 rings (SSSR count). The molecule has 1 atom stereocenters. The second-order valence-corrected chi connectivity index (χ2v) is 8.87. The van der Waals surface area contributed by atoms with E-state index in [4.69, 9.17) is 9.47 Å². The van der Waals surface area contributed by atoms with Gasteiger partial charge in [-0.25, -0.2) is 9.78 Å². The summed E-state index contributed by atoms with van der Waals surface area (Å²) in [6.45, 7) is 5.31. The molecule has 180 valence electrons. The first-order valence-electron chi connectivity index (χ1n) is 10.9. The van der Waals surface area contributed by atoms with Crippen molar-refractivity contribution < 1.29 is 29.0 Å². The average Bonchev–Trinajstić information content (AvgIpc) is 3.36. The number of Topliss-reactive ketones (excluding diaryl/α,β-unsaturated/α-hetero) is 1. The summed E-state index contributed by atoms with van der Waals surface area (Å²) in [5.74, 6) is -1.91. The normalized spacial score (nSPS) is 17.0. The van der Waals surface area contributed by atoms with Gasteiger partial charge in [0.1, 0.15) is 16.4 Å². The molecule has 9 heteroatoms. The second-order valence-electron chi connectivity index (χ2n) is 7.89. The minimum atomic E-state index is -0.932. The highest BCUT2D eigenvalue weighted by Gasteiger charge is 2.48. The van der Waals surface area contributed by atoms with Crippen molar-refractivity contribution in [3.05, 3.63) is 81.4 Å². The van der Waals surface area contributed by atoms with E-state index in [1.54, 1.807) is 63.2 Å². The molecule has 0 saturated carbocycles. The predicted octanol–water partition coefficient (Wildman–Crippen LogP) is 4.57. The molecule has 1 saturated heterocycles. The third-order valence-electron chi connectivity index (χ3n) is 5.70. The Hall–Kier alpha value is -3.98. The van der Waals surface area contributed by atoms with E-state index in [0.29, 0.717) is 28.1 Å². The molecule has 1 amide bonds. The molecule has 1 fully saturated rings. The Morgan fingerprint density at radius 1 is 1.14 bits per heavy atom. The number of aromatic nitrogens is 1. The van der Waals surface area contributed by atoms with Crippen molar-refractivity contribution >= 4 is 39.9 Å². The molecule has 2 aromatic carbocycles. The number of carbonyl (C=O) groups is 3. The molecule has 35 heavy (non-hydrogen) atoms. The molecule has 2 heterocycles. The number of aliphatic hydroxyl groups is 1. The van der Waals surface area contributed by atoms with Crippen molar-refractivity contribution in [1.29, 1.82) is 0 Å². The first kappa shape index (κ1) is 24.2. The number of carbonyl (C=O) groups excluding carboxylic acids is 3. The van der Waals surface area contributed by atoms with Gasteiger partial charge in [-0.05, 0) is 50.1 Å². The van der Waals surface area contributed by atoms with Crippen LogP contribution in [-0.2, 0) is 14.3 Å². The number of aliphatic hydroxyl groups excluding tert-OH is 1. The fourth-order valence-electron chi connectivity index (χ4n) is 4.03. The van der Waals surface area contributed by atoms with Crippen molar-refractivity contribution in [3.8, 4) is 5.75 Å². The fourth-order valence-corrected chi connectivity index (χ4v) is 5.01. The van der Waals surface area contributed by atoms with Crippen LogP contribution in [0.4, 0.5) is 5.13 Å². The van der Waals surface area contributed by atoms with Gasteiger partial charge in [-0.3, -0.25) is 14.5 Å². The maximum atomic E-state index is 13.3. The summed E-state index contributed by atoms with van der Waals surface area (Å²) in [4.78, 5) is 44.9. The number of esters is 1. The number of rotatable bonds is 6. The van der Waals surface area contributed by atoms with Gasteiger partial charge in [0.15, 0.2) is 5.13 Å². The molecule has 1 aromatic heterocycles. The van der Waals surface area contributed by atoms with E-state index in [9.17, 15) is 19.5 Å². The Morgan fingerprint density at radius 3 is 2.49 bits per heavy atom. The van der Waals surface area contributed by atoms with Crippen LogP contribution in [-0.4, -0.2) is 41.5 Å². The molecule has 8 nitrogen and oxygen atoms in total. The van der Waals surface area contributed by atoms with E-state index in [1.807, 2.05) is 6.07 Å². The van der Waals surface area contributed by atoms with Crippen molar-refractivity contribution in [3.63, 3.8) is 0 Å². The highest BCUT2D eigenvalue weighted by Crippen LogP contribution is 2.44. The van der Waals surface area contributed by atoms with Crippen LogP contribution < -0.4 is 9.64 Å². The molecular weight excluding hydrogens is 468 g/mol. The summed E-state index contributed by atoms with van der Waals surface area (Å²) in [6, 6.07) is 13.0. The summed E-state index contributed by atoms with van der Waals surface area (Å²) in [7, 11) is 1.54. The number of thiazole rings is 1. The number of ketones is 1. The first-order chi connectivity index (χ1) is 16.8. The van der Waals surface area contributed by atoms with Crippen LogP contribution in [0.1, 0.15) is 45.0 Å². The van der Waals surface area contributed by atoms with Crippen molar-refractivity contribution in [2.45, 2.75) is 26.8 Å². The Balaban J connectivity index is 1.91. The lowest BCUT2D eigenvalue weighted by atomic mass is 9.94. The van der Waals surface area contributed by atoms with Gasteiger partial charge in [0, 0.05) is 5.56 Å². The third-order valence-corrected chi connectivity index (χ3v) is 6.84. The van der Waals surface area contributed by atoms with Gasteiger partial charge in [0.05, 0.1) is 31.0 Å². The summed E-state index contributed by atoms with van der Waals surface area (Å²) >= 11 is 0.973. The van der Waals surface area contributed by atoms with Gasteiger partial charge in [0.2, 0.25) is 0 Å². The fraction of sp³-hybridized carbons (Fsp3) is 0.231. The minimum Gasteiger partial charge on any atom is -0.507 e. The quantitative estimate of drug-likeness (QED) is 0.232. The number of anilines is 1. The largest absolute Gasteiger partial charge is 0.507 e. The number of benzene rings is 2. The van der Waals surface area contributed by atoms with Crippen LogP contribution in [0, 0.1) is 13.8 Å². The maximum absolute atomic E-state index is 13.3. The lowest BCUT2D eigenvalue weighted by molar-refractivity contribution is -0.132. The van der Waals surface area contributed by atoms with Gasteiger partial charge in [-0.1, -0.05) is 41.7 Å². The molecule has 1 aliphatic heterocycles. The zero-order chi connectivity index (χ0) is 25.3. The Kier molecular flexibility index (Phi) is 6.70. The van der Waals surface area contributed by atoms with E-state index >= 15 is 0 Å². The molecule has 0 unspecified atom stereocenters. The van der Waals surface area contributed by atoms with Gasteiger partial charge < -0.3 is 14.6 Å². The third kappa shape index (κ3) is 4.30. The molecule has 0 radical (unpaired) electrons. The summed E-state index contributed by atoms with van der Waals surface area (Å²) in [5, 5.41) is 11.5. The van der Waals surface area contributed by atoms with E-state index in [2.05, 4.69) is 4.98 Å². The van der Waals surface area contributed by atoms with Crippen LogP contribution in [0.3, 0.4) is 0 Å². The average molecular weight is 493 g/mol. The molecule has 1 aliphatic rings. The molecule has 1 N–H and O–H groups in total. The van der Waals surface area contributed by atoms with Crippen LogP contribution in [0.5, 0.6) is 5.75 Å². The zero-order valence-electron chi connectivity index (χ0n) is 19.7. The van der Waals surface area contributed by atoms with Crippen molar-refractivity contribution in [1.82, 2.24) is 4.98 Å². The van der Waals surface area contributed by atoms with Crippen molar-refractivity contribution in [2.24, 2.45) is 0 Å². The Morgan fingerprint density at radius 2 is 1.86 bits per heavy atom. The van der Waals surface area contributed by atoms with Gasteiger partial charge in [-0.2, -0.15) is 0 Å². The molecular formula is C26H24N2O6S. The molecule has 0 aliphatic carbocycles. The van der Waals surface area contributed by atoms with Gasteiger partial charge >= 0.3 is 11.9 Å². The number of amides is 1. The van der Waals surface area contributed by atoms with Gasteiger partial charge in [0.25, 0.3) is 5.78 Å². The number of methoxy groups -OCH3 is 1. The highest BCUT2D eigenvalue weighted by atomic mass is 32.1. The summed E-state index contributed by atoms with van der Waals surface area (Å²) in [6.07, 6.45) is 0. The smallest absolute Gasteiger partial charge is 0.350 e. The highest BCUT2D eigenvalue weighted by molar-refractivity contribution is 7.17. The van der Waals surface area contributed by atoms with E-state index in [1.165, 1.54) is 12.0 Å². The Labute approximate surface area is 206 Å². The number of hydrogen-bond acceptors (Lipinski definition) is 8.